The third kappa shape index (κ3) is 3.42. The first kappa shape index (κ1) is 13.9. The Labute approximate surface area is 103 Å². The highest BCUT2D eigenvalue weighted by atomic mass is 32.2. The molecule has 1 atom stereocenters. The number of thiocarbonyl (C=S) groups is 1. The lowest BCUT2D eigenvalue weighted by atomic mass is 10.3. The summed E-state index contributed by atoms with van der Waals surface area (Å²) in [6, 6.07) is 1.35. The van der Waals surface area contributed by atoms with Crippen molar-refractivity contribution in [2.75, 3.05) is 0 Å². The average Bonchev–Trinajstić information content (AvgIpc) is 2.15. The number of benzene rings is 1. The minimum Gasteiger partial charge on any atom is -0.392 e. The predicted molar refractivity (Wildman–Crippen MR) is 62.9 cm³/mol. The van der Waals surface area contributed by atoms with Crippen molar-refractivity contribution in [3.8, 4) is 0 Å². The van der Waals surface area contributed by atoms with Crippen LogP contribution >= 0.6 is 12.2 Å². The molecule has 0 aromatic heterocycles. The Bertz CT molecular complexity index is 546. The molecule has 0 bridgehead atoms. The van der Waals surface area contributed by atoms with Crippen molar-refractivity contribution in [2.24, 2.45) is 5.73 Å². The van der Waals surface area contributed by atoms with Crippen molar-refractivity contribution in [3.63, 3.8) is 0 Å². The molecule has 0 saturated heterocycles. The first-order valence-corrected chi connectivity index (χ1v) is 6.40. The van der Waals surface area contributed by atoms with E-state index in [-0.39, 0.29) is 4.99 Å². The molecule has 17 heavy (non-hydrogen) atoms. The SMILES string of the molecule is CC(NS(=O)(=O)c1ccc(F)cc1F)C(N)=S. The highest BCUT2D eigenvalue weighted by Crippen LogP contribution is 2.15. The summed E-state index contributed by atoms with van der Waals surface area (Å²) in [6.07, 6.45) is 0. The number of hydrogen-bond acceptors (Lipinski definition) is 3. The minimum atomic E-state index is -4.11. The molecule has 0 saturated carbocycles. The second-order valence-electron chi connectivity index (χ2n) is 3.32. The second-order valence-corrected chi connectivity index (χ2v) is 5.47. The Balaban J connectivity index is 3.10. The summed E-state index contributed by atoms with van der Waals surface area (Å²) >= 11 is 4.59. The zero-order valence-corrected chi connectivity index (χ0v) is 10.4. The number of nitrogens with two attached hydrogens (primary N) is 1. The van der Waals surface area contributed by atoms with E-state index < -0.39 is 32.6 Å². The first-order chi connectivity index (χ1) is 7.74. The van der Waals surface area contributed by atoms with Crippen LogP contribution in [-0.4, -0.2) is 19.4 Å². The van der Waals surface area contributed by atoms with Gasteiger partial charge >= 0.3 is 0 Å². The Morgan fingerprint density at radius 1 is 1.47 bits per heavy atom. The molecule has 0 aliphatic carbocycles. The Hall–Kier alpha value is -1.12. The lowest BCUT2D eigenvalue weighted by Crippen LogP contribution is -2.41. The number of rotatable bonds is 4. The summed E-state index contributed by atoms with van der Waals surface area (Å²) in [5.74, 6) is -2.03. The van der Waals surface area contributed by atoms with Crippen molar-refractivity contribution in [1.29, 1.82) is 0 Å². The van der Waals surface area contributed by atoms with Gasteiger partial charge in [0.25, 0.3) is 0 Å². The van der Waals surface area contributed by atoms with Gasteiger partial charge in [-0.1, -0.05) is 12.2 Å². The van der Waals surface area contributed by atoms with E-state index in [2.05, 4.69) is 16.9 Å². The summed E-state index contributed by atoms with van der Waals surface area (Å²) < 4.78 is 51.4. The van der Waals surface area contributed by atoms with Crippen LogP contribution in [0.4, 0.5) is 8.78 Å². The highest BCUT2D eigenvalue weighted by Gasteiger charge is 2.22. The van der Waals surface area contributed by atoms with Crippen molar-refractivity contribution < 1.29 is 17.2 Å². The number of hydrogen-bond donors (Lipinski definition) is 2. The maximum atomic E-state index is 13.3. The van der Waals surface area contributed by atoms with Crippen LogP contribution < -0.4 is 10.5 Å². The van der Waals surface area contributed by atoms with Gasteiger partial charge in [0.2, 0.25) is 10.0 Å². The monoisotopic (exact) mass is 280 g/mol. The van der Waals surface area contributed by atoms with Crippen molar-refractivity contribution >= 4 is 27.2 Å². The molecule has 0 amide bonds. The van der Waals surface area contributed by atoms with Gasteiger partial charge in [-0.05, 0) is 19.1 Å². The van der Waals surface area contributed by atoms with E-state index in [1.54, 1.807) is 0 Å². The maximum Gasteiger partial charge on any atom is 0.244 e. The summed E-state index contributed by atoms with van der Waals surface area (Å²) in [5, 5.41) is 0. The van der Waals surface area contributed by atoms with Crippen LogP contribution in [0.25, 0.3) is 0 Å². The molecule has 1 unspecified atom stereocenters. The molecular weight excluding hydrogens is 270 g/mol. The van der Waals surface area contributed by atoms with E-state index in [1.807, 2.05) is 0 Å². The molecule has 1 aromatic rings. The van der Waals surface area contributed by atoms with E-state index in [4.69, 9.17) is 5.73 Å². The van der Waals surface area contributed by atoms with Crippen molar-refractivity contribution in [3.05, 3.63) is 29.8 Å². The third-order valence-electron chi connectivity index (χ3n) is 1.94. The molecule has 1 aromatic carbocycles. The largest absolute Gasteiger partial charge is 0.392 e. The Kier molecular flexibility index (Phi) is 4.12. The van der Waals surface area contributed by atoms with Crippen molar-refractivity contribution in [1.82, 2.24) is 4.72 Å². The molecule has 0 aliphatic rings. The zero-order chi connectivity index (χ0) is 13.2. The molecule has 0 spiro atoms. The van der Waals surface area contributed by atoms with Gasteiger partial charge < -0.3 is 5.73 Å². The van der Waals surface area contributed by atoms with E-state index >= 15 is 0 Å². The Morgan fingerprint density at radius 2 is 2.06 bits per heavy atom. The van der Waals surface area contributed by atoms with Gasteiger partial charge in [-0.2, -0.15) is 0 Å². The number of halogens is 2. The fraction of sp³-hybridized carbons (Fsp3) is 0.222. The van der Waals surface area contributed by atoms with Gasteiger partial charge in [-0.15, -0.1) is 0 Å². The van der Waals surface area contributed by atoms with E-state index in [0.717, 1.165) is 12.1 Å². The highest BCUT2D eigenvalue weighted by molar-refractivity contribution is 7.89. The van der Waals surface area contributed by atoms with E-state index in [1.165, 1.54) is 6.92 Å². The topological polar surface area (TPSA) is 72.2 Å². The van der Waals surface area contributed by atoms with Gasteiger partial charge in [0, 0.05) is 6.07 Å². The Morgan fingerprint density at radius 3 is 2.53 bits per heavy atom. The van der Waals surface area contributed by atoms with Crippen LogP contribution in [0.15, 0.2) is 23.1 Å². The summed E-state index contributed by atoms with van der Waals surface area (Å²) in [7, 11) is -4.11. The van der Waals surface area contributed by atoms with Crippen LogP contribution in [0, 0.1) is 11.6 Å². The van der Waals surface area contributed by atoms with Crippen LogP contribution in [0.5, 0.6) is 0 Å². The normalized spacial score (nSPS) is 13.4. The molecular formula is C9H10F2N2O2S2. The summed E-state index contributed by atoms with van der Waals surface area (Å²) in [4.78, 5) is -0.724. The van der Waals surface area contributed by atoms with Gasteiger partial charge in [-0.25, -0.2) is 21.9 Å². The van der Waals surface area contributed by atoms with Crippen LogP contribution in [0.2, 0.25) is 0 Å². The third-order valence-corrected chi connectivity index (χ3v) is 3.87. The molecule has 1 rings (SSSR count). The van der Waals surface area contributed by atoms with E-state index in [9.17, 15) is 17.2 Å². The maximum absolute atomic E-state index is 13.3. The second kappa shape index (κ2) is 5.03. The molecule has 0 fully saturated rings. The van der Waals surface area contributed by atoms with E-state index in [0.29, 0.717) is 6.07 Å². The smallest absolute Gasteiger partial charge is 0.244 e. The van der Waals surface area contributed by atoms with Crippen LogP contribution in [0.1, 0.15) is 6.92 Å². The average molecular weight is 280 g/mol. The molecule has 94 valence electrons. The molecule has 8 heteroatoms. The van der Waals surface area contributed by atoms with Crippen molar-refractivity contribution in [2.45, 2.75) is 17.9 Å². The van der Waals surface area contributed by atoms with Gasteiger partial charge in [-0.3, -0.25) is 0 Å². The lowest BCUT2D eigenvalue weighted by molar-refractivity contribution is 0.542. The summed E-state index contributed by atoms with van der Waals surface area (Å²) in [5.41, 5.74) is 5.23. The molecule has 0 radical (unpaired) electrons. The van der Waals surface area contributed by atoms with Gasteiger partial charge in [0.05, 0.1) is 11.0 Å². The zero-order valence-electron chi connectivity index (χ0n) is 8.78. The molecule has 0 heterocycles. The standard InChI is InChI=1S/C9H10F2N2O2S2/c1-5(9(12)16)13-17(14,15)8-3-2-6(10)4-7(8)11/h2-5,13H,1H3,(H2,12,16). The van der Waals surface area contributed by atoms with Gasteiger partial charge in [0.15, 0.2) is 0 Å². The number of sulfonamides is 1. The van der Waals surface area contributed by atoms with Crippen LogP contribution in [-0.2, 0) is 10.0 Å². The predicted octanol–water partition coefficient (Wildman–Crippen LogP) is 0.918. The number of nitrogens with one attached hydrogen (secondary N) is 1. The minimum absolute atomic E-state index is 0.0731. The quantitative estimate of drug-likeness (QED) is 0.804. The first-order valence-electron chi connectivity index (χ1n) is 4.51. The van der Waals surface area contributed by atoms with Crippen LogP contribution in [0.3, 0.4) is 0 Å². The van der Waals surface area contributed by atoms with Gasteiger partial charge in [0.1, 0.15) is 16.5 Å². The fourth-order valence-electron chi connectivity index (χ4n) is 1.05. The fourth-order valence-corrected chi connectivity index (χ4v) is 2.46. The lowest BCUT2D eigenvalue weighted by Gasteiger charge is -2.13. The summed E-state index contributed by atoms with van der Waals surface area (Å²) in [6.45, 7) is 1.42. The molecule has 0 aliphatic heterocycles. The molecule has 4 nitrogen and oxygen atoms in total. The molecule has 3 N–H and O–H groups in total.